The molecule has 1 aromatic heterocycles. The molecule has 0 aliphatic heterocycles. The zero-order valence-corrected chi connectivity index (χ0v) is 10.6. The number of nitrogens with two attached hydrogens (primary N) is 1. The molecular formula is C13H17N5O. The molecule has 0 saturated carbocycles. The van der Waals surface area contributed by atoms with Gasteiger partial charge in [0.1, 0.15) is 0 Å². The Morgan fingerprint density at radius 2 is 2.11 bits per heavy atom. The van der Waals surface area contributed by atoms with Crippen LogP contribution in [0, 0.1) is 0 Å². The lowest BCUT2D eigenvalue weighted by Gasteiger charge is -2.05. The molecule has 6 nitrogen and oxygen atoms in total. The number of anilines is 1. The maximum absolute atomic E-state index is 11.6. The number of carbonyl (C=O) groups is 1. The molecule has 0 aliphatic carbocycles. The Morgan fingerprint density at radius 1 is 1.32 bits per heavy atom. The lowest BCUT2D eigenvalue weighted by atomic mass is 10.1. The molecular weight excluding hydrogens is 242 g/mol. The van der Waals surface area contributed by atoms with Crippen molar-refractivity contribution < 1.29 is 4.79 Å². The maximum Gasteiger partial charge on any atom is 0.220 e. The second-order valence-electron chi connectivity index (χ2n) is 4.26. The van der Waals surface area contributed by atoms with E-state index in [-0.39, 0.29) is 5.91 Å². The first-order chi connectivity index (χ1) is 9.24. The van der Waals surface area contributed by atoms with Gasteiger partial charge in [-0.1, -0.05) is 17.3 Å². The molecule has 6 heteroatoms. The topological polar surface area (TPSA) is 85.8 Å². The predicted octanol–water partition coefficient (Wildman–Crippen LogP) is 0.609. The van der Waals surface area contributed by atoms with Crippen LogP contribution in [0.3, 0.4) is 0 Å². The van der Waals surface area contributed by atoms with Crippen molar-refractivity contribution in [3.05, 3.63) is 42.2 Å². The second-order valence-corrected chi connectivity index (χ2v) is 4.26. The van der Waals surface area contributed by atoms with Crippen molar-refractivity contribution in [2.24, 2.45) is 0 Å². The number of amides is 1. The molecule has 3 N–H and O–H groups in total. The number of nitrogens with one attached hydrogen (secondary N) is 1. The van der Waals surface area contributed by atoms with Gasteiger partial charge in [0.2, 0.25) is 5.91 Å². The Kier molecular flexibility index (Phi) is 4.49. The third-order valence-electron chi connectivity index (χ3n) is 2.76. The van der Waals surface area contributed by atoms with Crippen molar-refractivity contribution >= 4 is 11.6 Å². The van der Waals surface area contributed by atoms with Gasteiger partial charge in [-0.15, -0.1) is 5.10 Å². The highest BCUT2D eigenvalue weighted by molar-refractivity contribution is 5.76. The number of benzene rings is 1. The molecule has 100 valence electrons. The number of nitrogens with zero attached hydrogens (tertiary/aromatic N) is 3. The Balaban J connectivity index is 1.65. The zero-order chi connectivity index (χ0) is 13.5. The molecule has 2 rings (SSSR count). The van der Waals surface area contributed by atoms with Crippen molar-refractivity contribution in [3.8, 4) is 0 Å². The first kappa shape index (κ1) is 13.1. The van der Waals surface area contributed by atoms with Crippen LogP contribution in [0.4, 0.5) is 5.69 Å². The van der Waals surface area contributed by atoms with Crippen LogP contribution in [0.15, 0.2) is 36.7 Å². The van der Waals surface area contributed by atoms with E-state index in [0.29, 0.717) is 19.5 Å². The Bertz CT molecular complexity index is 506. The van der Waals surface area contributed by atoms with E-state index in [2.05, 4.69) is 15.6 Å². The van der Waals surface area contributed by atoms with E-state index in [1.54, 1.807) is 17.1 Å². The van der Waals surface area contributed by atoms with Crippen molar-refractivity contribution in [1.29, 1.82) is 0 Å². The summed E-state index contributed by atoms with van der Waals surface area (Å²) in [5, 5.41) is 10.4. The van der Waals surface area contributed by atoms with E-state index < -0.39 is 0 Å². The van der Waals surface area contributed by atoms with Crippen molar-refractivity contribution in [1.82, 2.24) is 20.3 Å². The lowest BCUT2D eigenvalue weighted by Crippen LogP contribution is -2.27. The number of aryl methyl sites for hydroxylation is 1. The van der Waals surface area contributed by atoms with Crippen LogP contribution in [0.25, 0.3) is 0 Å². The Morgan fingerprint density at radius 3 is 2.79 bits per heavy atom. The molecule has 2 aromatic rings. The van der Waals surface area contributed by atoms with Crippen LogP contribution < -0.4 is 11.1 Å². The van der Waals surface area contributed by atoms with Gasteiger partial charge in [0.05, 0.1) is 12.7 Å². The Hall–Kier alpha value is -2.37. The summed E-state index contributed by atoms with van der Waals surface area (Å²) in [6.45, 7) is 1.19. The van der Waals surface area contributed by atoms with Crippen molar-refractivity contribution in [2.45, 2.75) is 19.4 Å². The largest absolute Gasteiger partial charge is 0.399 e. The van der Waals surface area contributed by atoms with Crippen LogP contribution in [-0.4, -0.2) is 27.4 Å². The van der Waals surface area contributed by atoms with Gasteiger partial charge in [0.25, 0.3) is 0 Å². The number of rotatable bonds is 6. The smallest absolute Gasteiger partial charge is 0.220 e. The van der Waals surface area contributed by atoms with Gasteiger partial charge in [-0.05, 0) is 24.1 Å². The standard InChI is InChI=1S/C13H17N5O/c14-12-4-1-11(2-5-12)3-6-13(19)15-7-9-18-10-8-16-17-18/h1-2,4-5,8,10H,3,6-7,9,14H2,(H,15,19). The van der Waals surface area contributed by atoms with Crippen LogP contribution in [0.5, 0.6) is 0 Å². The summed E-state index contributed by atoms with van der Waals surface area (Å²) in [7, 11) is 0. The maximum atomic E-state index is 11.6. The fraction of sp³-hybridized carbons (Fsp3) is 0.308. The van der Waals surface area contributed by atoms with E-state index in [0.717, 1.165) is 17.7 Å². The van der Waals surface area contributed by atoms with E-state index in [1.807, 2.05) is 24.3 Å². The summed E-state index contributed by atoms with van der Waals surface area (Å²) < 4.78 is 1.68. The molecule has 0 atom stereocenters. The van der Waals surface area contributed by atoms with E-state index >= 15 is 0 Å². The third kappa shape index (κ3) is 4.42. The monoisotopic (exact) mass is 259 g/mol. The van der Waals surface area contributed by atoms with Crippen molar-refractivity contribution in [3.63, 3.8) is 0 Å². The fourth-order valence-electron chi connectivity index (χ4n) is 1.69. The summed E-state index contributed by atoms with van der Waals surface area (Å²) in [4.78, 5) is 11.6. The molecule has 0 aliphatic rings. The summed E-state index contributed by atoms with van der Waals surface area (Å²) >= 11 is 0. The molecule has 1 amide bonds. The van der Waals surface area contributed by atoms with Gasteiger partial charge in [0, 0.05) is 24.8 Å². The molecule has 0 saturated heterocycles. The number of aromatic nitrogens is 3. The van der Waals surface area contributed by atoms with Crippen LogP contribution in [-0.2, 0) is 17.8 Å². The zero-order valence-electron chi connectivity index (χ0n) is 10.6. The molecule has 1 aromatic carbocycles. The normalized spacial score (nSPS) is 10.3. The third-order valence-corrected chi connectivity index (χ3v) is 2.76. The molecule has 0 fully saturated rings. The first-order valence-electron chi connectivity index (χ1n) is 6.19. The highest BCUT2D eigenvalue weighted by Crippen LogP contribution is 2.07. The van der Waals surface area contributed by atoms with Crippen molar-refractivity contribution in [2.75, 3.05) is 12.3 Å². The summed E-state index contributed by atoms with van der Waals surface area (Å²) in [6, 6.07) is 7.58. The van der Waals surface area contributed by atoms with E-state index in [1.165, 1.54) is 0 Å². The predicted molar refractivity (Wildman–Crippen MR) is 72.2 cm³/mol. The highest BCUT2D eigenvalue weighted by atomic mass is 16.1. The SMILES string of the molecule is Nc1ccc(CCC(=O)NCCn2ccnn2)cc1. The number of nitrogen functional groups attached to an aromatic ring is 1. The minimum atomic E-state index is 0.0388. The second kappa shape index (κ2) is 6.53. The first-order valence-corrected chi connectivity index (χ1v) is 6.19. The van der Waals surface area contributed by atoms with Gasteiger partial charge in [0.15, 0.2) is 0 Å². The van der Waals surface area contributed by atoms with Gasteiger partial charge in [-0.2, -0.15) is 0 Å². The van der Waals surface area contributed by atoms with E-state index in [9.17, 15) is 4.79 Å². The van der Waals surface area contributed by atoms with Gasteiger partial charge in [-0.3, -0.25) is 9.48 Å². The van der Waals surface area contributed by atoms with Crippen LogP contribution in [0.1, 0.15) is 12.0 Å². The molecule has 1 heterocycles. The minimum absolute atomic E-state index is 0.0388. The highest BCUT2D eigenvalue weighted by Gasteiger charge is 2.02. The molecule has 19 heavy (non-hydrogen) atoms. The van der Waals surface area contributed by atoms with E-state index in [4.69, 9.17) is 5.73 Å². The van der Waals surface area contributed by atoms with Gasteiger partial charge < -0.3 is 11.1 Å². The van der Waals surface area contributed by atoms with Crippen LogP contribution in [0.2, 0.25) is 0 Å². The summed E-state index contributed by atoms with van der Waals surface area (Å²) in [5.41, 5.74) is 7.45. The number of carbonyl (C=O) groups excluding carboxylic acids is 1. The molecule has 0 spiro atoms. The summed E-state index contributed by atoms with van der Waals surface area (Å²) in [5.74, 6) is 0.0388. The molecule has 0 unspecified atom stereocenters. The summed E-state index contributed by atoms with van der Waals surface area (Å²) in [6.07, 6.45) is 4.57. The molecule has 0 radical (unpaired) electrons. The van der Waals surface area contributed by atoms with Gasteiger partial charge >= 0.3 is 0 Å². The molecule has 0 bridgehead atoms. The number of hydrogen-bond donors (Lipinski definition) is 2. The Labute approximate surface area is 111 Å². The van der Waals surface area contributed by atoms with Crippen LogP contribution >= 0.6 is 0 Å². The van der Waals surface area contributed by atoms with Gasteiger partial charge in [-0.25, -0.2) is 0 Å². The number of hydrogen-bond acceptors (Lipinski definition) is 4. The quantitative estimate of drug-likeness (QED) is 0.744. The lowest BCUT2D eigenvalue weighted by molar-refractivity contribution is -0.121. The average molecular weight is 259 g/mol. The minimum Gasteiger partial charge on any atom is -0.399 e. The average Bonchev–Trinajstić information content (AvgIpc) is 2.91. The fourth-order valence-corrected chi connectivity index (χ4v) is 1.69.